The highest BCUT2D eigenvalue weighted by Crippen LogP contribution is 2.18. The molecular weight excluding hydrogens is 271 g/mol. The van der Waals surface area contributed by atoms with Gasteiger partial charge in [0, 0.05) is 12.1 Å². The number of nitrogens with one attached hydrogen (secondary N) is 1. The first-order chi connectivity index (χ1) is 10.1. The number of hydrogen-bond acceptors (Lipinski definition) is 3. The maximum absolute atomic E-state index is 13.3. The van der Waals surface area contributed by atoms with Crippen LogP contribution in [-0.2, 0) is 6.54 Å². The first kappa shape index (κ1) is 14.5. The second-order valence-corrected chi connectivity index (χ2v) is 4.34. The van der Waals surface area contributed by atoms with E-state index in [0.717, 1.165) is 5.56 Å². The number of carbonyl (C=O) groups excluding carboxylic acids is 1. The van der Waals surface area contributed by atoms with Gasteiger partial charge in [-0.3, -0.25) is 4.79 Å². The fraction of sp³-hybridized carbons (Fsp3) is 0.125. The number of hydrogen-bond donors (Lipinski definition) is 1. The predicted molar refractivity (Wildman–Crippen MR) is 75.3 cm³/mol. The summed E-state index contributed by atoms with van der Waals surface area (Å²) in [4.78, 5) is 12.0. The summed E-state index contributed by atoms with van der Waals surface area (Å²) in [5, 5.41) is 11.5. The lowest BCUT2D eigenvalue weighted by Gasteiger charge is -2.07. The monoisotopic (exact) mass is 284 g/mol. The molecule has 1 N–H and O–H groups in total. The van der Waals surface area contributed by atoms with Gasteiger partial charge in [0.25, 0.3) is 5.91 Å². The van der Waals surface area contributed by atoms with E-state index in [1.165, 1.54) is 25.3 Å². The van der Waals surface area contributed by atoms with Crippen LogP contribution in [0.5, 0.6) is 5.75 Å². The van der Waals surface area contributed by atoms with Crippen LogP contribution in [0.4, 0.5) is 4.39 Å². The lowest BCUT2D eigenvalue weighted by atomic mass is 10.1. The molecule has 0 unspecified atom stereocenters. The van der Waals surface area contributed by atoms with Crippen molar-refractivity contribution in [3.05, 3.63) is 65.0 Å². The van der Waals surface area contributed by atoms with Crippen LogP contribution < -0.4 is 10.1 Å². The molecule has 21 heavy (non-hydrogen) atoms. The van der Waals surface area contributed by atoms with Crippen LogP contribution in [0, 0.1) is 17.1 Å². The number of nitriles is 1. The van der Waals surface area contributed by atoms with Crippen LogP contribution in [0.2, 0.25) is 0 Å². The lowest BCUT2D eigenvalue weighted by molar-refractivity contribution is 0.0950. The highest BCUT2D eigenvalue weighted by molar-refractivity contribution is 5.94. The van der Waals surface area contributed by atoms with Gasteiger partial charge < -0.3 is 10.1 Å². The molecule has 1 amide bonds. The Morgan fingerprint density at radius 1 is 1.33 bits per heavy atom. The first-order valence-corrected chi connectivity index (χ1v) is 6.25. The van der Waals surface area contributed by atoms with Gasteiger partial charge in [0.1, 0.15) is 0 Å². The Labute approximate surface area is 121 Å². The van der Waals surface area contributed by atoms with E-state index in [-0.39, 0.29) is 18.2 Å². The number of amides is 1. The standard InChI is InChI=1S/C16H13FN2O2/c1-21-15-8-13(5-6-14(15)17)16(20)19-10-12-4-2-3-11(7-12)9-18/h2-8H,10H2,1H3,(H,19,20). The molecule has 0 radical (unpaired) electrons. The zero-order valence-corrected chi connectivity index (χ0v) is 11.4. The quantitative estimate of drug-likeness (QED) is 0.938. The van der Waals surface area contributed by atoms with Gasteiger partial charge >= 0.3 is 0 Å². The molecule has 0 aliphatic carbocycles. The zero-order valence-electron chi connectivity index (χ0n) is 11.4. The number of benzene rings is 2. The van der Waals surface area contributed by atoms with E-state index in [1.807, 2.05) is 12.1 Å². The number of methoxy groups -OCH3 is 1. The summed E-state index contributed by atoms with van der Waals surface area (Å²) in [6.07, 6.45) is 0. The van der Waals surface area contributed by atoms with Gasteiger partial charge in [0.15, 0.2) is 11.6 Å². The minimum atomic E-state index is -0.518. The van der Waals surface area contributed by atoms with Crippen molar-refractivity contribution < 1.29 is 13.9 Å². The normalized spacial score (nSPS) is 9.76. The second-order valence-electron chi connectivity index (χ2n) is 4.34. The third-order valence-corrected chi connectivity index (χ3v) is 2.92. The van der Waals surface area contributed by atoms with Crippen molar-refractivity contribution in [3.8, 4) is 11.8 Å². The molecule has 2 aromatic rings. The molecule has 0 aliphatic heterocycles. The van der Waals surface area contributed by atoms with E-state index >= 15 is 0 Å². The van der Waals surface area contributed by atoms with Crippen LogP contribution in [0.25, 0.3) is 0 Å². The van der Waals surface area contributed by atoms with Crippen molar-refractivity contribution in [3.63, 3.8) is 0 Å². The van der Waals surface area contributed by atoms with Gasteiger partial charge in [0.05, 0.1) is 18.7 Å². The fourth-order valence-corrected chi connectivity index (χ4v) is 1.84. The van der Waals surface area contributed by atoms with Crippen molar-refractivity contribution in [2.75, 3.05) is 7.11 Å². The third-order valence-electron chi connectivity index (χ3n) is 2.92. The van der Waals surface area contributed by atoms with Crippen LogP contribution in [0.15, 0.2) is 42.5 Å². The van der Waals surface area contributed by atoms with E-state index in [9.17, 15) is 9.18 Å². The van der Waals surface area contributed by atoms with Gasteiger partial charge in [-0.15, -0.1) is 0 Å². The van der Waals surface area contributed by atoms with Crippen LogP contribution in [0.1, 0.15) is 21.5 Å². The highest BCUT2D eigenvalue weighted by atomic mass is 19.1. The molecule has 0 saturated carbocycles. The maximum atomic E-state index is 13.3. The largest absolute Gasteiger partial charge is 0.494 e. The van der Waals surface area contributed by atoms with Crippen molar-refractivity contribution in [1.82, 2.24) is 5.32 Å². The van der Waals surface area contributed by atoms with Crippen molar-refractivity contribution in [2.45, 2.75) is 6.54 Å². The Hall–Kier alpha value is -2.87. The molecule has 0 atom stereocenters. The summed E-state index contributed by atoms with van der Waals surface area (Å²) >= 11 is 0. The molecule has 0 saturated heterocycles. The molecule has 5 heteroatoms. The summed E-state index contributed by atoms with van der Waals surface area (Å²) in [6, 6.07) is 12.9. The summed E-state index contributed by atoms with van der Waals surface area (Å²) in [5.74, 6) is -0.833. The summed E-state index contributed by atoms with van der Waals surface area (Å²) < 4.78 is 18.1. The Morgan fingerprint density at radius 3 is 2.86 bits per heavy atom. The average Bonchev–Trinajstić information content (AvgIpc) is 2.53. The Bertz CT molecular complexity index is 708. The Morgan fingerprint density at radius 2 is 2.14 bits per heavy atom. The van der Waals surface area contributed by atoms with E-state index in [1.54, 1.807) is 18.2 Å². The average molecular weight is 284 g/mol. The van der Waals surface area contributed by atoms with Crippen molar-refractivity contribution >= 4 is 5.91 Å². The van der Waals surface area contributed by atoms with Gasteiger partial charge in [0.2, 0.25) is 0 Å². The molecule has 0 spiro atoms. The molecular formula is C16H13FN2O2. The highest BCUT2D eigenvalue weighted by Gasteiger charge is 2.10. The SMILES string of the molecule is COc1cc(C(=O)NCc2cccc(C#N)c2)ccc1F. The molecule has 4 nitrogen and oxygen atoms in total. The number of nitrogens with zero attached hydrogens (tertiary/aromatic N) is 1. The minimum absolute atomic E-state index is 0.0223. The molecule has 106 valence electrons. The Kier molecular flexibility index (Phi) is 4.52. The number of ether oxygens (including phenoxy) is 1. The van der Waals surface area contributed by atoms with Crippen molar-refractivity contribution in [2.24, 2.45) is 0 Å². The lowest BCUT2D eigenvalue weighted by Crippen LogP contribution is -2.22. The summed E-state index contributed by atoms with van der Waals surface area (Å²) in [5.41, 5.74) is 1.66. The third kappa shape index (κ3) is 3.57. The molecule has 0 heterocycles. The first-order valence-electron chi connectivity index (χ1n) is 6.25. The summed E-state index contributed by atoms with van der Waals surface area (Å²) in [6.45, 7) is 0.286. The van der Waals surface area contributed by atoms with Crippen molar-refractivity contribution in [1.29, 1.82) is 5.26 Å². The number of carbonyl (C=O) groups is 1. The Balaban J connectivity index is 2.06. The molecule has 0 aromatic heterocycles. The molecule has 0 aliphatic rings. The topological polar surface area (TPSA) is 62.1 Å². The van der Waals surface area contributed by atoms with E-state index in [2.05, 4.69) is 5.32 Å². The van der Waals surface area contributed by atoms with Gasteiger partial charge in [-0.25, -0.2) is 4.39 Å². The minimum Gasteiger partial charge on any atom is -0.494 e. The molecule has 2 rings (SSSR count). The van der Waals surface area contributed by atoms with Crippen LogP contribution in [-0.4, -0.2) is 13.0 Å². The van der Waals surface area contributed by atoms with Gasteiger partial charge in [-0.1, -0.05) is 12.1 Å². The van der Waals surface area contributed by atoms with Gasteiger partial charge in [-0.2, -0.15) is 5.26 Å². The van der Waals surface area contributed by atoms with E-state index < -0.39 is 5.82 Å². The van der Waals surface area contributed by atoms with E-state index in [0.29, 0.717) is 11.1 Å². The van der Waals surface area contributed by atoms with Crippen LogP contribution in [0.3, 0.4) is 0 Å². The second kappa shape index (κ2) is 6.53. The van der Waals surface area contributed by atoms with Gasteiger partial charge in [-0.05, 0) is 35.9 Å². The summed E-state index contributed by atoms with van der Waals surface area (Å²) in [7, 11) is 1.34. The smallest absolute Gasteiger partial charge is 0.251 e. The zero-order chi connectivity index (χ0) is 15.2. The van der Waals surface area contributed by atoms with Crippen LogP contribution >= 0.6 is 0 Å². The maximum Gasteiger partial charge on any atom is 0.251 e. The molecule has 0 bridgehead atoms. The molecule has 0 fully saturated rings. The predicted octanol–water partition coefficient (Wildman–Crippen LogP) is 2.64. The molecule has 2 aromatic carbocycles. The number of rotatable bonds is 4. The fourth-order valence-electron chi connectivity index (χ4n) is 1.84. The number of halogens is 1. The van der Waals surface area contributed by atoms with E-state index in [4.69, 9.17) is 10.00 Å².